The van der Waals surface area contributed by atoms with E-state index in [4.69, 9.17) is 0 Å². The van der Waals surface area contributed by atoms with E-state index in [1.165, 1.54) is 50.0 Å². The third-order valence-corrected chi connectivity index (χ3v) is 3.54. The number of hydrogen-bond acceptors (Lipinski definition) is 1. The molecule has 1 aliphatic heterocycles. The zero-order valence-electron chi connectivity index (χ0n) is 10.6. The summed E-state index contributed by atoms with van der Waals surface area (Å²) in [5.74, 6) is 0.895. The Labute approximate surface area is 99.5 Å². The molecule has 1 saturated heterocycles. The maximum absolute atomic E-state index is 2.62. The van der Waals surface area contributed by atoms with Crippen LogP contribution in [-0.4, -0.2) is 24.5 Å². The number of piperidine rings is 1. The monoisotopic (exact) mass is 217 g/mol. The molecule has 0 saturated carbocycles. The Bertz CT molecular complexity index is 332. The topological polar surface area (TPSA) is 3.24 Å². The van der Waals surface area contributed by atoms with Crippen molar-refractivity contribution < 1.29 is 0 Å². The van der Waals surface area contributed by atoms with Crippen LogP contribution < -0.4 is 0 Å². The summed E-state index contributed by atoms with van der Waals surface area (Å²) in [7, 11) is 0. The van der Waals surface area contributed by atoms with Gasteiger partial charge in [-0.2, -0.15) is 0 Å². The third-order valence-electron chi connectivity index (χ3n) is 3.54. The molecule has 0 amide bonds. The molecule has 1 aromatic rings. The van der Waals surface area contributed by atoms with Crippen LogP contribution in [-0.2, 0) is 6.42 Å². The van der Waals surface area contributed by atoms with Crippen LogP contribution in [0.5, 0.6) is 0 Å². The van der Waals surface area contributed by atoms with E-state index in [0.29, 0.717) is 0 Å². The lowest BCUT2D eigenvalue weighted by atomic mass is 9.99. The normalized spacial score (nSPS) is 22.2. The van der Waals surface area contributed by atoms with Crippen molar-refractivity contribution in [2.75, 3.05) is 19.6 Å². The average molecular weight is 217 g/mol. The number of aryl methyl sites for hydroxylation is 1. The fourth-order valence-electron chi connectivity index (χ4n) is 2.64. The summed E-state index contributed by atoms with van der Waals surface area (Å²) < 4.78 is 0. The first-order valence-corrected chi connectivity index (χ1v) is 6.52. The van der Waals surface area contributed by atoms with Gasteiger partial charge in [0, 0.05) is 13.1 Å². The molecule has 1 aromatic carbocycles. The molecule has 1 heteroatoms. The lowest BCUT2D eigenvalue weighted by Gasteiger charge is -2.30. The SMILES string of the molecule is Cc1cccc(CCN2CCCC(C)C2)c1. The van der Waals surface area contributed by atoms with E-state index in [2.05, 4.69) is 43.0 Å². The van der Waals surface area contributed by atoms with Crippen molar-refractivity contribution in [3.63, 3.8) is 0 Å². The standard InChI is InChI=1S/C15H23N/c1-13-5-3-7-15(11-13)8-10-16-9-4-6-14(2)12-16/h3,5,7,11,14H,4,6,8-10,12H2,1-2H3. The second-order valence-corrected chi connectivity index (χ2v) is 5.29. The number of hydrogen-bond donors (Lipinski definition) is 0. The van der Waals surface area contributed by atoms with Gasteiger partial charge in [-0.1, -0.05) is 36.8 Å². The van der Waals surface area contributed by atoms with E-state index in [0.717, 1.165) is 5.92 Å². The zero-order valence-corrected chi connectivity index (χ0v) is 10.6. The molecule has 0 bridgehead atoms. The smallest absolute Gasteiger partial charge is 0.00219 e. The van der Waals surface area contributed by atoms with Gasteiger partial charge in [0.05, 0.1) is 0 Å². The van der Waals surface area contributed by atoms with E-state index in [1.54, 1.807) is 0 Å². The molecule has 0 radical (unpaired) electrons. The van der Waals surface area contributed by atoms with Crippen LogP contribution in [0.4, 0.5) is 0 Å². The summed E-state index contributed by atoms with van der Waals surface area (Å²) in [5.41, 5.74) is 2.86. The fourth-order valence-corrected chi connectivity index (χ4v) is 2.64. The Balaban J connectivity index is 1.82. The predicted octanol–water partition coefficient (Wildman–Crippen LogP) is 3.27. The van der Waals surface area contributed by atoms with Gasteiger partial charge in [-0.3, -0.25) is 0 Å². The van der Waals surface area contributed by atoms with Crippen molar-refractivity contribution in [2.45, 2.75) is 33.1 Å². The number of rotatable bonds is 3. The molecule has 0 spiro atoms. The van der Waals surface area contributed by atoms with Crippen LogP contribution in [0, 0.1) is 12.8 Å². The molecule has 16 heavy (non-hydrogen) atoms. The van der Waals surface area contributed by atoms with Gasteiger partial charge in [0.2, 0.25) is 0 Å². The minimum absolute atomic E-state index is 0.895. The van der Waals surface area contributed by atoms with Crippen LogP contribution >= 0.6 is 0 Å². The van der Waals surface area contributed by atoms with Gasteiger partial charge in [-0.25, -0.2) is 0 Å². The second-order valence-electron chi connectivity index (χ2n) is 5.29. The van der Waals surface area contributed by atoms with Crippen LogP contribution in [0.15, 0.2) is 24.3 Å². The summed E-state index contributed by atoms with van der Waals surface area (Å²) in [6, 6.07) is 8.91. The number of nitrogens with zero attached hydrogens (tertiary/aromatic N) is 1. The zero-order chi connectivity index (χ0) is 11.4. The van der Waals surface area contributed by atoms with Crippen LogP contribution in [0.1, 0.15) is 30.9 Å². The first kappa shape index (κ1) is 11.7. The fraction of sp³-hybridized carbons (Fsp3) is 0.600. The van der Waals surface area contributed by atoms with E-state index >= 15 is 0 Å². The van der Waals surface area contributed by atoms with E-state index in [1.807, 2.05) is 0 Å². The Kier molecular flexibility index (Phi) is 4.00. The molecule has 1 nitrogen and oxygen atoms in total. The van der Waals surface area contributed by atoms with Crippen LogP contribution in [0.3, 0.4) is 0 Å². The van der Waals surface area contributed by atoms with Gasteiger partial charge in [0.15, 0.2) is 0 Å². The highest BCUT2D eigenvalue weighted by molar-refractivity contribution is 5.22. The molecule has 1 atom stereocenters. The highest BCUT2D eigenvalue weighted by Crippen LogP contribution is 2.16. The summed E-state index contributed by atoms with van der Waals surface area (Å²) in [6.07, 6.45) is 4.00. The van der Waals surface area contributed by atoms with E-state index < -0.39 is 0 Å². The average Bonchev–Trinajstić information content (AvgIpc) is 2.27. The molecule has 2 rings (SSSR count). The van der Waals surface area contributed by atoms with Crippen LogP contribution in [0.2, 0.25) is 0 Å². The Morgan fingerprint density at radius 3 is 3.00 bits per heavy atom. The van der Waals surface area contributed by atoms with Gasteiger partial charge < -0.3 is 4.90 Å². The molecular formula is C15H23N. The summed E-state index contributed by atoms with van der Waals surface area (Å²) in [6.45, 7) is 8.38. The summed E-state index contributed by atoms with van der Waals surface area (Å²) in [5, 5.41) is 0. The molecule has 0 aliphatic carbocycles. The lowest BCUT2D eigenvalue weighted by molar-refractivity contribution is 0.186. The Hall–Kier alpha value is -0.820. The summed E-state index contributed by atoms with van der Waals surface area (Å²) in [4.78, 5) is 2.62. The first-order valence-electron chi connectivity index (χ1n) is 6.52. The van der Waals surface area contributed by atoms with Crippen molar-refractivity contribution in [2.24, 2.45) is 5.92 Å². The molecule has 1 fully saturated rings. The summed E-state index contributed by atoms with van der Waals surface area (Å²) >= 11 is 0. The number of benzene rings is 1. The molecule has 1 aliphatic rings. The van der Waals surface area contributed by atoms with E-state index in [9.17, 15) is 0 Å². The molecule has 0 aromatic heterocycles. The lowest BCUT2D eigenvalue weighted by Crippen LogP contribution is -2.35. The quantitative estimate of drug-likeness (QED) is 0.751. The van der Waals surface area contributed by atoms with Crippen molar-refractivity contribution >= 4 is 0 Å². The van der Waals surface area contributed by atoms with Gasteiger partial charge in [0.1, 0.15) is 0 Å². The minimum Gasteiger partial charge on any atom is -0.303 e. The van der Waals surface area contributed by atoms with Gasteiger partial charge in [-0.15, -0.1) is 0 Å². The van der Waals surface area contributed by atoms with Crippen molar-refractivity contribution in [3.8, 4) is 0 Å². The molecule has 0 N–H and O–H groups in total. The maximum Gasteiger partial charge on any atom is 0.00219 e. The molecule has 88 valence electrons. The molecule has 1 unspecified atom stereocenters. The van der Waals surface area contributed by atoms with Gasteiger partial charge in [0.25, 0.3) is 0 Å². The maximum atomic E-state index is 2.62. The second kappa shape index (κ2) is 5.49. The first-order chi connectivity index (χ1) is 7.74. The van der Waals surface area contributed by atoms with Crippen LogP contribution in [0.25, 0.3) is 0 Å². The molecule has 1 heterocycles. The van der Waals surface area contributed by atoms with Crippen molar-refractivity contribution in [3.05, 3.63) is 35.4 Å². The molecular weight excluding hydrogens is 194 g/mol. The predicted molar refractivity (Wildman–Crippen MR) is 69.7 cm³/mol. The minimum atomic E-state index is 0.895. The highest BCUT2D eigenvalue weighted by Gasteiger charge is 2.15. The Morgan fingerprint density at radius 2 is 2.25 bits per heavy atom. The number of likely N-dealkylation sites (tertiary alicyclic amines) is 1. The third kappa shape index (κ3) is 3.34. The highest BCUT2D eigenvalue weighted by atomic mass is 15.1. The largest absolute Gasteiger partial charge is 0.303 e. The Morgan fingerprint density at radius 1 is 1.38 bits per heavy atom. The van der Waals surface area contributed by atoms with Crippen molar-refractivity contribution in [1.82, 2.24) is 4.90 Å². The van der Waals surface area contributed by atoms with Gasteiger partial charge in [-0.05, 0) is 44.2 Å². The van der Waals surface area contributed by atoms with E-state index in [-0.39, 0.29) is 0 Å². The van der Waals surface area contributed by atoms with Gasteiger partial charge >= 0.3 is 0 Å². The van der Waals surface area contributed by atoms with Crippen molar-refractivity contribution in [1.29, 1.82) is 0 Å².